The number of nitro groups is 1. The van der Waals surface area contributed by atoms with E-state index >= 15 is 0 Å². The molecule has 1 N–H and O–H groups in total. The van der Waals surface area contributed by atoms with E-state index in [9.17, 15) is 14.9 Å². The van der Waals surface area contributed by atoms with Gasteiger partial charge in [0.2, 0.25) is 5.91 Å². The minimum absolute atomic E-state index is 0.0107. The van der Waals surface area contributed by atoms with E-state index in [-0.39, 0.29) is 17.3 Å². The first-order valence-corrected chi connectivity index (χ1v) is 9.30. The third kappa shape index (κ3) is 6.32. The van der Waals surface area contributed by atoms with Crippen LogP contribution in [0.3, 0.4) is 0 Å². The SMILES string of the molecule is C/C(=N\NC(=O)CSCc1ccc(Br)cc1)c1cccc([N+](=O)[O-])c1. The summed E-state index contributed by atoms with van der Waals surface area (Å²) in [6.45, 7) is 1.69. The van der Waals surface area contributed by atoms with Crippen molar-refractivity contribution in [3.63, 3.8) is 0 Å². The number of hydrazone groups is 1. The van der Waals surface area contributed by atoms with Gasteiger partial charge in [0, 0.05) is 27.9 Å². The molecule has 2 rings (SSSR count). The van der Waals surface area contributed by atoms with Crippen molar-refractivity contribution in [2.24, 2.45) is 5.10 Å². The molecule has 0 saturated heterocycles. The van der Waals surface area contributed by atoms with Crippen LogP contribution in [0.15, 0.2) is 58.1 Å². The third-order valence-corrected chi connectivity index (χ3v) is 4.77. The van der Waals surface area contributed by atoms with E-state index < -0.39 is 4.92 Å². The van der Waals surface area contributed by atoms with E-state index in [0.717, 1.165) is 15.8 Å². The lowest BCUT2D eigenvalue weighted by molar-refractivity contribution is -0.384. The lowest BCUT2D eigenvalue weighted by Gasteiger charge is -2.04. The quantitative estimate of drug-likeness (QED) is 0.413. The number of non-ortho nitro benzene ring substituents is 1. The summed E-state index contributed by atoms with van der Waals surface area (Å²) < 4.78 is 1.02. The number of amides is 1. The zero-order valence-corrected chi connectivity index (χ0v) is 15.8. The average molecular weight is 422 g/mol. The number of nitro benzene ring substituents is 1. The predicted molar refractivity (Wildman–Crippen MR) is 104 cm³/mol. The van der Waals surface area contributed by atoms with Crippen LogP contribution in [0.5, 0.6) is 0 Å². The van der Waals surface area contributed by atoms with Crippen molar-refractivity contribution < 1.29 is 9.72 Å². The highest BCUT2D eigenvalue weighted by Gasteiger charge is 2.08. The van der Waals surface area contributed by atoms with Gasteiger partial charge < -0.3 is 0 Å². The van der Waals surface area contributed by atoms with Crippen LogP contribution in [0.1, 0.15) is 18.1 Å². The van der Waals surface area contributed by atoms with E-state index in [4.69, 9.17) is 0 Å². The monoisotopic (exact) mass is 421 g/mol. The van der Waals surface area contributed by atoms with Crippen LogP contribution >= 0.6 is 27.7 Å². The van der Waals surface area contributed by atoms with Gasteiger partial charge in [-0.1, -0.05) is 40.2 Å². The number of nitrogens with zero attached hydrogens (tertiary/aromatic N) is 2. The number of thioether (sulfide) groups is 1. The van der Waals surface area contributed by atoms with Gasteiger partial charge in [0.1, 0.15) is 0 Å². The fraction of sp³-hybridized carbons (Fsp3) is 0.176. The summed E-state index contributed by atoms with van der Waals surface area (Å²) in [5.74, 6) is 0.794. The minimum Gasteiger partial charge on any atom is -0.272 e. The first-order chi connectivity index (χ1) is 12.0. The predicted octanol–water partition coefficient (Wildman–Crippen LogP) is 4.13. The molecular weight excluding hydrogens is 406 g/mol. The van der Waals surface area contributed by atoms with Gasteiger partial charge in [-0.3, -0.25) is 14.9 Å². The Morgan fingerprint density at radius 2 is 2.00 bits per heavy atom. The molecule has 130 valence electrons. The normalized spacial score (nSPS) is 11.2. The van der Waals surface area contributed by atoms with Crippen molar-refractivity contribution in [3.8, 4) is 0 Å². The minimum atomic E-state index is -0.464. The Bertz CT molecular complexity index is 794. The van der Waals surface area contributed by atoms with E-state index in [1.165, 1.54) is 23.9 Å². The number of hydrogen-bond acceptors (Lipinski definition) is 5. The van der Waals surface area contributed by atoms with Crippen molar-refractivity contribution >= 4 is 45.0 Å². The van der Waals surface area contributed by atoms with Gasteiger partial charge >= 0.3 is 0 Å². The number of carbonyl (C=O) groups is 1. The van der Waals surface area contributed by atoms with Gasteiger partial charge in [-0.05, 0) is 24.6 Å². The Morgan fingerprint density at radius 3 is 2.68 bits per heavy atom. The zero-order valence-electron chi connectivity index (χ0n) is 13.4. The van der Waals surface area contributed by atoms with Crippen molar-refractivity contribution in [1.29, 1.82) is 0 Å². The summed E-state index contributed by atoms with van der Waals surface area (Å²) in [5, 5.41) is 14.8. The molecule has 0 aliphatic rings. The first kappa shape index (κ1) is 19.1. The number of carbonyl (C=O) groups excluding carboxylic acids is 1. The molecule has 2 aromatic carbocycles. The molecule has 0 unspecified atom stereocenters. The zero-order chi connectivity index (χ0) is 18.2. The number of nitrogens with one attached hydrogen (secondary N) is 1. The van der Waals surface area contributed by atoms with Crippen molar-refractivity contribution in [2.45, 2.75) is 12.7 Å². The van der Waals surface area contributed by atoms with Crippen LogP contribution in [-0.4, -0.2) is 22.3 Å². The summed E-state index contributed by atoms with van der Waals surface area (Å²) in [6, 6.07) is 14.1. The summed E-state index contributed by atoms with van der Waals surface area (Å²) in [7, 11) is 0. The Hall–Kier alpha value is -2.19. The van der Waals surface area contributed by atoms with Gasteiger partial charge in [0.15, 0.2) is 0 Å². The van der Waals surface area contributed by atoms with E-state index in [0.29, 0.717) is 11.3 Å². The van der Waals surface area contributed by atoms with Gasteiger partial charge in [-0.15, -0.1) is 11.8 Å². The maximum Gasteiger partial charge on any atom is 0.270 e. The van der Waals surface area contributed by atoms with E-state index in [2.05, 4.69) is 26.5 Å². The Labute approximate surface area is 158 Å². The fourth-order valence-electron chi connectivity index (χ4n) is 1.93. The fourth-order valence-corrected chi connectivity index (χ4v) is 2.97. The second kappa shape index (κ2) is 9.33. The topological polar surface area (TPSA) is 84.6 Å². The van der Waals surface area contributed by atoms with Crippen LogP contribution in [0.4, 0.5) is 5.69 Å². The maximum absolute atomic E-state index is 11.8. The summed E-state index contributed by atoms with van der Waals surface area (Å²) in [6.07, 6.45) is 0. The molecule has 8 heteroatoms. The Morgan fingerprint density at radius 1 is 1.28 bits per heavy atom. The van der Waals surface area contributed by atoms with Crippen LogP contribution in [-0.2, 0) is 10.5 Å². The molecule has 0 fully saturated rings. The molecule has 2 aromatic rings. The van der Waals surface area contributed by atoms with Gasteiger partial charge in [0.25, 0.3) is 5.69 Å². The third-order valence-electron chi connectivity index (χ3n) is 3.24. The van der Waals surface area contributed by atoms with E-state index in [1.54, 1.807) is 19.1 Å². The first-order valence-electron chi connectivity index (χ1n) is 7.36. The second-order valence-corrected chi connectivity index (χ2v) is 7.06. The maximum atomic E-state index is 11.8. The number of benzene rings is 2. The molecule has 0 bridgehead atoms. The van der Waals surface area contributed by atoms with Crippen molar-refractivity contribution in [1.82, 2.24) is 5.43 Å². The summed E-state index contributed by atoms with van der Waals surface area (Å²) in [5.41, 5.74) is 4.71. The number of halogens is 1. The molecule has 0 aliphatic carbocycles. The van der Waals surface area contributed by atoms with Crippen LogP contribution in [0, 0.1) is 10.1 Å². The molecule has 25 heavy (non-hydrogen) atoms. The van der Waals surface area contributed by atoms with Crippen molar-refractivity contribution in [2.75, 3.05) is 5.75 Å². The van der Waals surface area contributed by atoms with Gasteiger partial charge in [-0.2, -0.15) is 5.10 Å². The highest BCUT2D eigenvalue weighted by atomic mass is 79.9. The highest BCUT2D eigenvalue weighted by Crippen LogP contribution is 2.16. The number of rotatable bonds is 7. The van der Waals surface area contributed by atoms with Gasteiger partial charge in [0.05, 0.1) is 16.4 Å². The molecule has 0 aliphatic heterocycles. The second-order valence-electron chi connectivity index (χ2n) is 5.16. The summed E-state index contributed by atoms with van der Waals surface area (Å²) >= 11 is 4.87. The van der Waals surface area contributed by atoms with Crippen LogP contribution < -0.4 is 5.43 Å². The Balaban J connectivity index is 1.83. The van der Waals surface area contributed by atoms with Gasteiger partial charge in [-0.25, -0.2) is 5.43 Å². The molecule has 0 atom stereocenters. The molecular formula is C17H16BrN3O3S. The molecule has 0 saturated carbocycles. The molecule has 0 heterocycles. The molecule has 0 aromatic heterocycles. The molecule has 0 radical (unpaired) electrons. The lowest BCUT2D eigenvalue weighted by Crippen LogP contribution is -2.21. The molecule has 6 nitrogen and oxygen atoms in total. The van der Waals surface area contributed by atoms with Crippen LogP contribution in [0.25, 0.3) is 0 Å². The molecule has 0 spiro atoms. The Kier molecular flexibility index (Phi) is 7.15. The standard InChI is InChI=1S/C17H16BrN3O3S/c1-12(14-3-2-4-16(9-14)21(23)24)19-20-17(22)11-25-10-13-5-7-15(18)8-6-13/h2-9H,10-11H2,1H3,(H,20,22)/b19-12+. The van der Waals surface area contributed by atoms with Crippen molar-refractivity contribution in [3.05, 3.63) is 74.2 Å². The number of hydrogen-bond donors (Lipinski definition) is 1. The van der Waals surface area contributed by atoms with E-state index in [1.807, 2.05) is 24.3 Å². The summed E-state index contributed by atoms with van der Waals surface area (Å²) in [4.78, 5) is 22.2. The lowest BCUT2D eigenvalue weighted by atomic mass is 10.1. The smallest absolute Gasteiger partial charge is 0.270 e. The van der Waals surface area contributed by atoms with Crippen LogP contribution in [0.2, 0.25) is 0 Å². The average Bonchev–Trinajstić information content (AvgIpc) is 2.61. The highest BCUT2D eigenvalue weighted by molar-refractivity contribution is 9.10. The largest absolute Gasteiger partial charge is 0.272 e. The molecule has 1 amide bonds.